The first-order valence-corrected chi connectivity index (χ1v) is 8.33. The number of aryl methyl sites for hydroxylation is 2. The van der Waals surface area contributed by atoms with Gasteiger partial charge >= 0.3 is 0 Å². The molecular weight excluding hydrogens is 272 g/mol. The number of nitrogens with zero attached hydrogens (tertiary/aromatic N) is 3. The molecule has 0 radical (unpaired) electrons. The van der Waals surface area contributed by atoms with Crippen LogP contribution < -0.4 is 5.73 Å². The molecule has 4 heteroatoms. The van der Waals surface area contributed by atoms with Crippen molar-refractivity contribution in [3.8, 4) is 12.3 Å². The smallest absolute Gasteiger partial charge is 0.152 e. The van der Waals surface area contributed by atoms with Gasteiger partial charge in [-0.1, -0.05) is 6.92 Å². The number of hydrogen-bond acceptors (Lipinski definition) is 3. The van der Waals surface area contributed by atoms with E-state index >= 15 is 0 Å². The number of nitrogens with two attached hydrogens (primary N) is 1. The highest BCUT2D eigenvalue weighted by Crippen LogP contribution is 2.39. The number of terminal acetylenes is 1. The van der Waals surface area contributed by atoms with E-state index in [2.05, 4.69) is 29.1 Å². The Morgan fingerprint density at radius 2 is 2.36 bits per heavy atom. The number of unbranched alkanes of at least 4 members (excludes halogenated alkanes) is 1. The minimum Gasteiger partial charge on any atom is -0.382 e. The zero-order valence-electron chi connectivity index (χ0n) is 13.3. The summed E-state index contributed by atoms with van der Waals surface area (Å²) >= 11 is 0. The van der Waals surface area contributed by atoms with Crippen molar-refractivity contribution in [3.05, 3.63) is 17.5 Å². The van der Waals surface area contributed by atoms with Crippen LogP contribution in [0.5, 0.6) is 0 Å². The maximum atomic E-state index is 6.14. The molecule has 0 saturated carbocycles. The van der Waals surface area contributed by atoms with Crippen molar-refractivity contribution in [1.29, 1.82) is 0 Å². The van der Waals surface area contributed by atoms with Crippen LogP contribution in [0, 0.1) is 12.3 Å². The Bertz CT molecular complexity index is 708. The Kier molecular flexibility index (Phi) is 4.33. The van der Waals surface area contributed by atoms with E-state index in [-0.39, 0.29) is 0 Å². The largest absolute Gasteiger partial charge is 0.382 e. The second-order valence-corrected chi connectivity index (χ2v) is 6.20. The Hall–Kier alpha value is -2.02. The van der Waals surface area contributed by atoms with Crippen LogP contribution in [-0.4, -0.2) is 14.8 Å². The standard InChI is InChI=1S/C18H24N4/c1-3-5-6-8-13-9-7-10-15-16(13)14-12-22(11-4-2)21-17(14)18(19)20-15/h1,12-13H,4-11H2,2H3,(H2,19,20). The minimum atomic E-state index is 0.548. The van der Waals surface area contributed by atoms with Gasteiger partial charge in [-0.25, -0.2) is 4.98 Å². The fourth-order valence-electron chi connectivity index (χ4n) is 3.61. The Labute approximate surface area is 132 Å². The van der Waals surface area contributed by atoms with Gasteiger partial charge in [0.15, 0.2) is 5.82 Å². The maximum Gasteiger partial charge on any atom is 0.152 e. The molecule has 2 heterocycles. The molecule has 1 unspecified atom stereocenters. The van der Waals surface area contributed by atoms with Gasteiger partial charge in [-0.2, -0.15) is 5.10 Å². The van der Waals surface area contributed by atoms with Crippen molar-refractivity contribution in [2.24, 2.45) is 0 Å². The van der Waals surface area contributed by atoms with E-state index in [4.69, 9.17) is 12.2 Å². The number of pyridine rings is 1. The highest BCUT2D eigenvalue weighted by molar-refractivity contribution is 5.90. The molecule has 116 valence electrons. The number of hydrogen-bond donors (Lipinski definition) is 1. The predicted octanol–water partition coefficient (Wildman–Crippen LogP) is 3.65. The third-order valence-electron chi connectivity index (χ3n) is 4.56. The Morgan fingerprint density at radius 3 is 3.14 bits per heavy atom. The molecule has 4 nitrogen and oxygen atoms in total. The van der Waals surface area contributed by atoms with Crippen LogP contribution in [0.15, 0.2) is 6.20 Å². The monoisotopic (exact) mass is 296 g/mol. The lowest BCUT2D eigenvalue weighted by atomic mass is 9.81. The van der Waals surface area contributed by atoms with Gasteiger partial charge in [0.25, 0.3) is 0 Å². The molecule has 2 aromatic heterocycles. The summed E-state index contributed by atoms with van der Waals surface area (Å²) in [6.45, 7) is 3.08. The molecule has 0 aliphatic heterocycles. The molecule has 0 spiro atoms. The van der Waals surface area contributed by atoms with Gasteiger partial charge in [0.05, 0.1) is 0 Å². The molecule has 0 fully saturated rings. The SMILES string of the molecule is C#CCCCC1CCCc2nc(N)c3nn(CCC)cc3c21. The highest BCUT2D eigenvalue weighted by Gasteiger charge is 2.25. The van der Waals surface area contributed by atoms with Gasteiger partial charge in [0, 0.05) is 30.2 Å². The lowest BCUT2D eigenvalue weighted by molar-refractivity contribution is 0.506. The molecule has 0 saturated heterocycles. The fourth-order valence-corrected chi connectivity index (χ4v) is 3.61. The van der Waals surface area contributed by atoms with Crippen LogP contribution in [0.3, 0.4) is 0 Å². The first kappa shape index (κ1) is 14.9. The van der Waals surface area contributed by atoms with Gasteiger partial charge in [-0.3, -0.25) is 4.68 Å². The van der Waals surface area contributed by atoms with Gasteiger partial charge < -0.3 is 5.73 Å². The lowest BCUT2D eigenvalue weighted by Gasteiger charge is -2.25. The molecule has 22 heavy (non-hydrogen) atoms. The zero-order valence-corrected chi connectivity index (χ0v) is 13.3. The van der Waals surface area contributed by atoms with E-state index < -0.39 is 0 Å². The first-order valence-electron chi connectivity index (χ1n) is 8.33. The van der Waals surface area contributed by atoms with E-state index in [1.807, 2.05) is 4.68 Å². The van der Waals surface area contributed by atoms with Crippen molar-refractivity contribution in [3.63, 3.8) is 0 Å². The highest BCUT2D eigenvalue weighted by atomic mass is 15.3. The molecule has 0 bridgehead atoms. The van der Waals surface area contributed by atoms with Crippen LogP contribution >= 0.6 is 0 Å². The molecule has 2 N–H and O–H groups in total. The van der Waals surface area contributed by atoms with Crippen LogP contribution in [0.4, 0.5) is 5.82 Å². The van der Waals surface area contributed by atoms with E-state index in [0.29, 0.717) is 11.7 Å². The topological polar surface area (TPSA) is 56.7 Å². The first-order chi connectivity index (χ1) is 10.7. The van der Waals surface area contributed by atoms with Crippen molar-refractivity contribution in [2.45, 2.75) is 64.3 Å². The molecule has 1 aliphatic carbocycles. The van der Waals surface area contributed by atoms with E-state index in [1.165, 1.54) is 29.5 Å². The summed E-state index contributed by atoms with van der Waals surface area (Å²) in [5.74, 6) is 3.87. The third-order valence-corrected chi connectivity index (χ3v) is 4.56. The summed E-state index contributed by atoms with van der Waals surface area (Å²) in [4.78, 5) is 4.66. The molecule has 0 aromatic carbocycles. The average molecular weight is 296 g/mol. The molecule has 1 atom stereocenters. The Morgan fingerprint density at radius 1 is 1.50 bits per heavy atom. The summed E-state index contributed by atoms with van der Waals surface area (Å²) in [7, 11) is 0. The molecule has 3 rings (SSSR count). The number of rotatable bonds is 5. The minimum absolute atomic E-state index is 0.548. The lowest BCUT2D eigenvalue weighted by Crippen LogP contribution is -2.13. The van der Waals surface area contributed by atoms with E-state index in [9.17, 15) is 0 Å². The van der Waals surface area contributed by atoms with Gasteiger partial charge in [0.1, 0.15) is 5.52 Å². The second kappa shape index (κ2) is 6.39. The van der Waals surface area contributed by atoms with E-state index in [1.54, 1.807) is 0 Å². The molecular formula is C18H24N4. The quantitative estimate of drug-likeness (QED) is 0.677. The van der Waals surface area contributed by atoms with Crippen molar-refractivity contribution < 1.29 is 0 Å². The number of anilines is 1. The van der Waals surface area contributed by atoms with Crippen molar-refractivity contribution in [1.82, 2.24) is 14.8 Å². The average Bonchev–Trinajstić information content (AvgIpc) is 2.92. The van der Waals surface area contributed by atoms with Crippen molar-refractivity contribution in [2.75, 3.05) is 5.73 Å². The summed E-state index contributed by atoms with van der Waals surface area (Å²) in [6, 6.07) is 0. The fraction of sp³-hybridized carbons (Fsp3) is 0.556. The van der Waals surface area contributed by atoms with E-state index in [0.717, 1.165) is 44.2 Å². The Balaban J connectivity index is 2.04. The maximum absolute atomic E-state index is 6.14. The number of aromatic nitrogens is 3. The van der Waals surface area contributed by atoms with Gasteiger partial charge in [0.2, 0.25) is 0 Å². The molecule has 2 aromatic rings. The van der Waals surface area contributed by atoms with Crippen molar-refractivity contribution >= 4 is 16.7 Å². The summed E-state index contributed by atoms with van der Waals surface area (Å²) < 4.78 is 2.01. The summed E-state index contributed by atoms with van der Waals surface area (Å²) in [6.07, 6.45) is 15.1. The van der Waals surface area contributed by atoms with Crippen LogP contribution in [-0.2, 0) is 13.0 Å². The number of nitrogen functional groups attached to an aromatic ring is 1. The van der Waals surface area contributed by atoms with Crippen LogP contribution in [0.1, 0.15) is 62.6 Å². The normalized spacial score (nSPS) is 17.4. The summed E-state index contributed by atoms with van der Waals surface area (Å²) in [5.41, 5.74) is 9.58. The second-order valence-electron chi connectivity index (χ2n) is 6.20. The van der Waals surface area contributed by atoms with Crippen LogP contribution in [0.2, 0.25) is 0 Å². The molecule has 1 aliphatic rings. The van der Waals surface area contributed by atoms with Crippen LogP contribution in [0.25, 0.3) is 10.9 Å². The van der Waals surface area contributed by atoms with Gasteiger partial charge in [-0.05, 0) is 50.0 Å². The zero-order chi connectivity index (χ0) is 15.5. The van der Waals surface area contributed by atoms with Gasteiger partial charge in [-0.15, -0.1) is 12.3 Å². The number of fused-ring (bicyclic) bond motifs is 3. The third kappa shape index (κ3) is 2.68. The summed E-state index contributed by atoms with van der Waals surface area (Å²) in [5, 5.41) is 5.85. The predicted molar refractivity (Wildman–Crippen MR) is 90.6 cm³/mol. The molecule has 0 amide bonds.